The van der Waals surface area contributed by atoms with Crippen LogP contribution >= 0.6 is 0 Å². The second-order valence-corrected chi connectivity index (χ2v) is 11.9. The lowest BCUT2D eigenvalue weighted by molar-refractivity contribution is -0.139. The highest BCUT2D eigenvalue weighted by Crippen LogP contribution is 2.26. The molecule has 0 fully saturated rings. The van der Waals surface area contributed by atoms with E-state index in [1.165, 1.54) is 26.0 Å². The van der Waals surface area contributed by atoms with Crippen molar-refractivity contribution in [3.63, 3.8) is 0 Å². The number of aryl methyl sites for hydroxylation is 3. The third-order valence-corrected chi connectivity index (χ3v) is 8.58. The highest BCUT2D eigenvalue weighted by Gasteiger charge is 2.35. The molecular weight excluding hydrogens is 512 g/mol. The van der Waals surface area contributed by atoms with Crippen molar-refractivity contribution in [1.29, 1.82) is 0 Å². The standard InChI is InChI=1S/C30H38N4O4S/c1-22-16-17-24(3)27(18-22)34(39(37,38)32(5)6)21-29(35)33(20-26-15-11-10-12-23(26)2)28(30(36)31-4)19-25-13-8-7-9-14-25/h7-18,28H,19-21H2,1-6H3,(H,31,36). The first kappa shape index (κ1) is 29.9. The number of rotatable bonds is 11. The number of nitrogens with zero attached hydrogens (tertiary/aromatic N) is 3. The number of anilines is 1. The second-order valence-electron chi connectivity index (χ2n) is 9.85. The first-order valence-electron chi connectivity index (χ1n) is 12.8. The molecule has 9 heteroatoms. The van der Waals surface area contributed by atoms with Crippen LogP contribution < -0.4 is 9.62 Å². The largest absolute Gasteiger partial charge is 0.357 e. The average Bonchev–Trinajstić information content (AvgIpc) is 2.91. The van der Waals surface area contributed by atoms with Crippen molar-refractivity contribution in [3.8, 4) is 0 Å². The summed E-state index contributed by atoms with van der Waals surface area (Å²) in [6, 6.07) is 21.8. The van der Waals surface area contributed by atoms with Crippen molar-refractivity contribution in [1.82, 2.24) is 14.5 Å². The third kappa shape index (κ3) is 7.25. The summed E-state index contributed by atoms with van der Waals surface area (Å²) >= 11 is 0. The summed E-state index contributed by atoms with van der Waals surface area (Å²) in [4.78, 5) is 28.9. The Bertz CT molecular complexity index is 1410. The summed E-state index contributed by atoms with van der Waals surface area (Å²) in [6.45, 7) is 5.32. The van der Waals surface area contributed by atoms with E-state index in [-0.39, 0.29) is 18.9 Å². The van der Waals surface area contributed by atoms with E-state index in [9.17, 15) is 18.0 Å². The van der Waals surface area contributed by atoms with Gasteiger partial charge in [-0.1, -0.05) is 66.7 Å². The van der Waals surface area contributed by atoms with Gasteiger partial charge in [-0.15, -0.1) is 0 Å². The first-order valence-corrected chi connectivity index (χ1v) is 14.2. The number of nitrogens with one attached hydrogen (secondary N) is 1. The molecule has 208 valence electrons. The van der Waals surface area contributed by atoms with Crippen molar-refractivity contribution in [3.05, 3.63) is 101 Å². The fraction of sp³-hybridized carbons (Fsp3) is 0.333. The van der Waals surface area contributed by atoms with Crippen LogP contribution in [0.2, 0.25) is 0 Å². The smallest absolute Gasteiger partial charge is 0.304 e. The molecule has 0 radical (unpaired) electrons. The minimum Gasteiger partial charge on any atom is -0.357 e. The number of carbonyl (C=O) groups excluding carboxylic acids is 2. The topological polar surface area (TPSA) is 90.0 Å². The van der Waals surface area contributed by atoms with Crippen LogP contribution in [0.25, 0.3) is 0 Å². The number of carbonyl (C=O) groups is 2. The van der Waals surface area contributed by atoms with E-state index in [1.54, 1.807) is 6.07 Å². The Hall–Kier alpha value is -3.69. The average molecular weight is 551 g/mol. The second kappa shape index (κ2) is 12.9. The molecule has 0 aromatic heterocycles. The van der Waals surface area contributed by atoms with E-state index in [1.807, 2.05) is 87.5 Å². The van der Waals surface area contributed by atoms with E-state index in [2.05, 4.69) is 5.32 Å². The van der Waals surface area contributed by atoms with Crippen LogP contribution in [-0.4, -0.2) is 63.2 Å². The van der Waals surface area contributed by atoms with Gasteiger partial charge in [-0.05, 0) is 54.7 Å². The summed E-state index contributed by atoms with van der Waals surface area (Å²) < 4.78 is 29.3. The van der Waals surface area contributed by atoms with E-state index in [0.717, 1.165) is 36.4 Å². The first-order chi connectivity index (χ1) is 18.4. The lowest BCUT2D eigenvalue weighted by Crippen LogP contribution is -2.54. The molecule has 2 amide bonds. The SMILES string of the molecule is CNC(=O)C(Cc1ccccc1)N(Cc1ccccc1C)C(=O)CN(c1cc(C)ccc1C)S(=O)(=O)N(C)C. The molecule has 1 atom stereocenters. The van der Waals surface area contributed by atoms with Gasteiger partial charge in [0.05, 0.1) is 5.69 Å². The summed E-state index contributed by atoms with van der Waals surface area (Å²) in [5, 5.41) is 2.70. The van der Waals surface area contributed by atoms with Gasteiger partial charge in [-0.3, -0.25) is 9.59 Å². The summed E-state index contributed by atoms with van der Waals surface area (Å²) in [5.41, 5.74) is 4.75. The van der Waals surface area contributed by atoms with Gasteiger partial charge in [0.15, 0.2) is 0 Å². The van der Waals surface area contributed by atoms with Crippen LogP contribution in [-0.2, 0) is 32.8 Å². The van der Waals surface area contributed by atoms with Gasteiger partial charge in [0.25, 0.3) is 0 Å². The minimum absolute atomic E-state index is 0.152. The van der Waals surface area contributed by atoms with Gasteiger partial charge < -0.3 is 10.2 Å². The van der Waals surface area contributed by atoms with Crippen LogP contribution in [0, 0.1) is 20.8 Å². The highest BCUT2D eigenvalue weighted by atomic mass is 32.2. The zero-order chi connectivity index (χ0) is 28.7. The van der Waals surface area contributed by atoms with Gasteiger partial charge in [0, 0.05) is 34.1 Å². The zero-order valence-corrected chi connectivity index (χ0v) is 24.3. The van der Waals surface area contributed by atoms with E-state index in [0.29, 0.717) is 5.69 Å². The number of likely N-dealkylation sites (N-methyl/N-ethyl adjacent to an activating group) is 1. The van der Waals surface area contributed by atoms with Crippen LogP contribution in [0.3, 0.4) is 0 Å². The Morgan fingerprint density at radius 3 is 2.13 bits per heavy atom. The fourth-order valence-corrected chi connectivity index (χ4v) is 5.49. The zero-order valence-electron chi connectivity index (χ0n) is 23.5. The maximum atomic E-state index is 14.2. The molecule has 3 aromatic rings. The number of benzene rings is 3. The van der Waals surface area contributed by atoms with Gasteiger partial charge in [-0.2, -0.15) is 12.7 Å². The Balaban J connectivity index is 2.11. The quantitative estimate of drug-likeness (QED) is 0.395. The number of hydrogen-bond acceptors (Lipinski definition) is 4. The lowest BCUT2D eigenvalue weighted by Gasteiger charge is -2.35. The Morgan fingerprint density at radius 1 is 0.872 bits per heavy atom. The third-order valence-electron chi connectivity index (χ3n) is 6.77. The fourth-order valence-electron chi connectivity index (χ4n) is 4.38. The van der Waals surface area contributed by atoms with E-state index >= 15 is 0 Å². The van der Waals surface area contributed by atoms with Crippen molar-refractivity contribution < 1.29 is 18.0 Å². The summed E-state index contributed by atoms with van der Waals surface area (Å²) in [7, 11) is 0.377. The van der Waals surface area contributed by atoms with Crippen molar-refractivity contribution >= 4 is 27.7 Å². The van der Waals surface area contributed by atoms with E-state index in [4.69, 9.17) is 0 Å². The van der Waals surface area contributed by atoms with E-state index < -0.39 is 28.7 Å². The van der Waals surface area contributed by atoms with Gasteiger partial charge in [-0.25, -0.2) is 4.31 Å². The Kier molecular flexibility index (Phi) is 9.88. The number of hydrogen-bond donors (Lipinski definition) is 1. The van der Waals surface area contributed by atoms with Gasteiger partial charge >= 0.3 is 10.2 Å². The lowest BCUT2D eigenvalue weighted by atomic mass is 10.0. The molecule has 0 aliphatic rings. The molecule has 0 saturated carbocycles. The van der Waals surface area contributed by atoms with Crippen LogP contribution in [0.15, 0.2) is 72.8 Å². The Morgan fingerprint density at radius 2 is 1.51 bits per heavy atom. The van der Waals surface area contributed by atoms with Crippen LogP contribution in [0.4, 0.5) is 5.69 Å². The maximum absolute atomic E-state index is 14.2. The molecule has 0 aliphatic heterocycles. The van der Waals surface area contributed by atoms with Crippen LogP contribution in [0.1, 0.15) is 27.8 Å². The predicted octanol–water partition coefficient (Wildman–Crippen LogP) is 3.61. The molecule has 1 N–H and O–H groups in total. The monoisotopic (exact) mass is 550 g/mol. The molecule has 3 aromatic carbocycles. The highest BCUT2D eigenvalue weighted by molar-refractivity contribution is 7.90. The van der Waals surface area contributed by atoms with Crippen molar-refractivity contribution in [2.45, 2.75) is 39.8 Å². The molecule has 0 aliphatic carbocycles. The molecule has 0 heterocycles. The maximum Gasteiger partial charge on any atom is 0.304 e. The van der Waals surface area contributed by atoms with Gasteiger partial charge in [0.2, 0.25) is 11.8 Å². The molecule has 39 heavy (non-hydrogen) atoms. The predicted molar refractivity (Wildman–Crippen MR) is 156 cm³/mol. The van der Waals surface area contributed by atoms with Crippen molar-refractivity contribution in [2.24, 2.45) is 0 Å². The molecule has 0 spiro atoms. The number of amides is 2. The Labute approximate surface area is 232 Å². The molecule has 8 nitrogen and oxygen atoms in total. The molecule has 3 rings (SSSR count). The molecule has 1 unspecified atom stereocenters. The molecular formula is C30H38N4O4S. The molecule has 0 bridgehead atoms. The molecule has 0 saturated heterocycles. The minimum atomic E-state index is -4.03. The summed E-state index contributed by atoms with van der Waals surface area (Å²) in [5.74, 6) is -0.802. The van der Waals surface area contributed by atoms with Crippen molar-refractivity contribution in [2.75, 3.05) is 32.0 Å². The normalized spacial score (nSPS) is 12.2. The van der Waals surface area contributed by atoms with Crippen LogP contribution in [0.5, 0.6) is 0 Å². The van der Waals surface area contributed by atoms with Gasteiger partial charge in [0.1, 0.15) is 12.6 Å². The summed E-state index contributed by atoms with van der Waals surface area (Å²) in [6.07, 6.45) is 0.280.